The van der Waals surface area contributed by atoms with Gasteiger partial charge in [-0.3, -0.25) is 0 Å². The summed E-state index contributed by atoms with van der Waals surface area (Å²) in [6, 6.07) is 4.53. The third kappa shape index (κ3) is 1.42. The predicted octanol–water partition coefficient (Wildman–Crippen LogP) is 3.50. The Labute approximate surface area is 91.1 Å². The van der Waals surface area contributed by atoms with E-state index in [2.05, 4.69) is 15.9 Å². The Bertz CT molecular complexity index is 521. The molecule has 0 aliphatic heterocycles. The van der Waals surface area contributed by atoms with E-state index in [1.807, 2.05) is 0 Å². The van der Waals surface area contributed by atoms with Gasteiger partial charge in [0.1, 0.15) is 0 Å². The number of hydrogen-bond acceptors (Lipinski definition) is 2. The number of aromatic carboxylic acids is 1. The predicted molar refractivity (Wildman–Crippen MR) is 56.4 cm³/mol. The van der Waals surface area contributed by atoms with Crippen LogP contribution in [0.25, 0.3) is 10.1 Å². The molecule has 0 aliphatic carbocycles. The van der Waals surface area contributed by atoms with Gasteiger partial charge in [-0.15, -0.1) is 11.3 Å². The second-order valence-corrected chi connectivity index (χ2v) is 4.50. The topological polar surface area (TPSA) is 37.3 Å². The fraction of sp³-hybridized carbons (Fsp3) is 0. The molecule has 0 saturated heterocycles. The Morgan fingerprint density at radius 2 is 2.21 bits per heavy atom. The lowest BCUT2D eigenvalue weighted by atomic mass is 10.2. The van der Waals surface area contributed by atoms with Crippen LogP contribution in [0.5, 0.6) is 0 Å². The first-order valence-electron chi connectivity index (χ1n) is 3.70. The third-order valence-electron chi connectivity index (χ3n) is 1.84. The molecular formula is C9H4BrFO2S. The van der Waals surface area contributed by atoms with Crippen molar-refractivity contribution in [1.29, 1.82) is 0 Å². The second kappa shape index (κ2) is 3.33. The molecule has 72 valence electrons. The van der Waals surface area contributed by atoms with Crippen molar-refractivity contribution in [2.75, 3.05) is 0 Å². The standard InChI is InChI=1S/C9H4BrFO2S/c10-7-5-2-1-4(9(12)13)3-6(5)14-8(7)11/h1-3H,(H,12,13). The van der Waals surface area contributed by atoms with Crippen molar-refractivity contribution in [2.45, 2.75) is 0 Å². The summed E-state index contributed by atoms with van der Waals surface area (Å²) >= 11 is 4.03. The SMILES string of the molecule is O=C(O)c1ccc2c(Br)c(F)sc2c1. The molecule has 0 atom stereocenters. The van der Waals surface area contributed by atoms with Crippen molar-refractivity contribution in [3.63, 3.8) is 0 Å². The van der Waals surface area contributed by atoms with Gasteiger partial charge in [-0.25, -0.2) is 4.79 Å². The maximum absolute atomic E-state index is 13.1. The van der Waals surface area contributed by atoms with Gasteiger partial charge in [-0.2, -0.15) is 4.39 Å². The summed E-state index contributed by atoms with van der Waals surface area (Å²) in [6.07, 6.45) is 0. The first-order chi connectivity index (χ1) is 6.59. The molecule has 0 spiro atoms. The van der Waals surface area contributed by atoms with Crippen LogP contribution in [-0.4, -0.2) is 11.1 Å². The molecule has 0 aliphatic rings. The Kier molecular flexibility index (Phi) is 2.28. The van der Waals surface area contributed by atoms with Gasteiger partial charge >= 0.3 is 5.97 Å². The van der Waals surface area contributed by atoms with Gasteiger partial charge in [0.2, 0.25) is 0 Å². The molecule has 0 bridgehead atoms. The molecule has 1 N–H and O–H groups in total. The molecule has 0 unspecified atom stereocenters. The van der Waals surface area contributed by atoms with Crippen molar-refractivity contribution in [2.24, 2.45) is 0 Å². The van der Waals surface area contributed by atoms with Crippen LogP contribution in [0, 0.1) is 5.13 Å². The van der Waals surface area contributed by atoms with Gasteiger partial charge in [-0.05, 0) is 28.1 Å². The van der Waals surface area contributed by atoms with Gasteiger partial charge in [0.15, 0.2) is 5.13 Å². The lowest BCUT2D eigenvalue weighted by molar-refractivity contribution is 0.0697. The highest BCUT2D eigenvalue weighted by molar-refractivity contribution is 9.10. The fourth-order valence-electron chi connectivity index (χ4n) is 1.17. The van der Waals surface area contributed by atoms with Crippen molar-refractivity contribution in [1.82, 2.24) is 0 Å². The van der Waals surface area contributed by atoms with Crippen LogP contribution in [0.2, 0.25) is 0 Å². The zero-order chi connectivity index (χ0) is 10.3. The smallest absolute Gasteiger partial charge is 0.335 e. The normalized spacial score (nSPS) is 10.7. The van der Waals surface area contributed by atoms with E-state index in [4.69, 9.17) is 5.11 Å². The zero-order valence-corrected chi connectivity index (χ0v) is 9.15. The van der Waals surface area contributed by atoms with Crippen LogP contribution in [-0.2, 0) is 0 Å². The lowest BCUT2D eigenvalue weighted by Crippen LogP contribution is -1.94. The molecule has 0 radical (unpaired) electrons. The second-order valence-electron chi connectivity index (χ2n) is 2.71. The number of fused-ring (bicyclic) bond motifs is 1. The number of rotatable bonds is 1. The van der Waals surface area contributed by atoms with Gasteiger partial charge in [0.25, 0.3) is 0 Å². The third-order valence-corrected chi connectivity index (χ3v) is 3.82. The Morgan fingerprint density at radius 3 is 2.86 bits per heavy atom. The van der Waals surface area contributed by atoms with Crippen LogP contribution in [0.3, 0.4) is 0 Å². The summed E-state index contributed by atoms with van der Waals surface area (Å²) < 4.78 is 14.1. The molecule has 1 heterocycles. The summed E-state index contributed by atoms with van der Waals surface area (Å²) in [5.74, 6) is -1.00. The van der Waals surface area contributed by atoms with E-state index < -0.39 is 5.97 Å². The van der Waals surface area contributed by atoms with E-state index in [0.29, 0.717) is 14.6 Å². The van der Waals surface area contributed by atoms with Gasteiger partial charge < -0.3 is 5.11 Å². The Balaban J connectivity index is 2.73. The Hall–Kier alpha value is -0.940. The van der Waals surface area contributed by atoms with Crippen molar-refractivity contribution in [3.05, 3.63) is 33.4 Å². The van der Waals surface area contributed by atoms with Gasteiger partial charge in [0.05, 0.1) is 10.0 Å². The number of carboxylic acid groups (broad SMARTS) is 1. The van der Waals surface area contributed by atoms with Gasteiger partial charge in [-0.1, -0.05) is 6.07 Å². The molecule has 0 fully saturated rings. The van der Waals surface area contributed by atoms with E-state index in [9.17, 15) is 9.18 Å². The molecule has 1 aromatic heterocycles. The molecule has 0 saturated carbocycles. The number of benzene rings is 1. The summed E-state index contributed by atoms with van der Waals surface area (Å²) in [4.78, 5) is 10.6. The minimum absolute atomic E-state index is 0.172. The van der Waals surface area contributed by atoms with Gasteiger partial charge in [0, 0.05) is 10.1 Å². The van der Waals surface area contributed by atoms with E-state index in [1.165, 1.54) is 12.1 Å². The highest BCUT2D eigenvalue weighted by atomic mass is 79.9. The maximum Gasteiger partial charge on any atom is 0.335 e. The van der Waals surface area contributed by atoms with Crippen LogP contribution >= 0.6 is 27.3 Å². The number of hydrogen-bond donors (Lipinski definition) is 1. The quantitative estimate of drug-likeness (QED) is 0.864. The van der Waals surface area contributed by atoms with E-state index in [-0.39, 0.29) is 10.7 Å². The molecule has 14 heavy (non-hydrogen) atoms. The minimum atomic E-state index is -1.00. The molecular weight excluding hydrogens is 271 g/mol. The fourth-order valence-corrected chi connectivity index (χ4v) is 2.75. The zero-order valence-electron chi connectivity index (χ0n) is 6.75. The number of carboxylic acids is 1. The first-order valence-corrected chi connectivity index (χ1v) is 5.31. The van der Waals surface area contributed by atoms with Crippen LogP contribution in [0.1, 0.15) is 10.4 Å². The van der Waals surface area contributed by atoms with Crippen molar-refractivity contribution in [3.8, 4) is 0 Å². The summed E-state index contributed by atoms with van der Waals surface area (Å²) in [6.45, 7) is 0. The molecule has 1 aromatic carbocycles. The average molecular weight is 275 g/mol. The van der Waals surface area contributed by atoms with E-state index in [0.717, 1.165) is 11.3 Å². The molecule has 5 heteroatoms. The van der Waals surface area contributed by atoms with Crippen LogP contribution < -0.4 is 0 Å². The molecule has 2 aromatic rings. The minimum Gasteiger partial charge on any atom is -0.478 e. The molecule has 0 amide bonds. The maximum atomic E-state index is 13.1. The lowest BCUT2D eigenvalue weighted by Gasteiger charge is -1.93. The molecule has 2 rings (SSSR count). The monoisotopic (exact) mass is 274 g/mol. The average Bonchev–Trinajstić information content (AvgIpc) is 2.42. The number of thiophene rings is 1. The number of carbonyl (C=O) groups is 1. The van der Waals surface area contributed by atoms with Crippen LogP contribution in [0.15, 0.2) is 22.7 Å². The van der Waals surface area contributed by atoms with Crippen molar-refractivity contribution >= 4 is 43.3 Å². The molecule has 2 nitrogen and oxygen atoms in total. The number of halogens is 2. The van der Waals surface area contributed by atoms with Crippen LogP contribution in [0.4, 0.5) is 4.39 Å². The van der Waals surface area contributed by atoms with Crippen molar-refractivity contribution < 1.29 is 14.3 Å². The first kappa shape index (κ1) is 9.61. The summed E-state index contributed by atoms with van der Waals surface area (Å²) in [7, 11) is 0. The highest BCUT2D eigenvalue weighted by Crippen LogP contribution is 2.34. The Morgan fingerprint density at radius 1 is 1.50 bits per heavy atom. The van der Waals surface area contributed by atoms with E-state index in [1.54, 1.807) is 6.07 Å². The largest absolute Gasteiger partial charge is 0.478 e. The van der Waals surface area contributed by atoms with E-state index >= 15 is 0 Å². The summed E-state index contributed by atoms with van der Waals surface area (Å²) in [5, 5.41) is 9.09. The highest BCUT2D eigenvalue weighted by Gasteiger charge is 2.11. The summed E-state index contributed by atoms with van der Waals surface area (Å²) in [5.41, 5.74) is 0.172.